The van der Waals surface area contributed by atoms with Crippen LogP contribution in [0.3, 0.4) is 0 Å². The number of carbonyl (C=O) groups excluding carboxylic acids is 2. The lowest BCUT2D eigenvalue weighted by Crippen LogP contribution is -2.25. The van der Waals surface area contributed by atoms with Gasteiger partial charge in [-0.25, -0.2) is 4.98 Å². The number of benzene rings is 1. The van der Waals surface area contributed by atoms with Gasteiger partial charge in [0.05, 0.1) is 5.69 Å². The first-order chi connectivity index (χ1) is 12.5. The van der Waals surface area contributed by atoms with E-state index in [1.807, 2.05) is 17.6 Å². The fourth-order valence-electron chi connectivity index (χ4n) is 3.00. The number of aryl methyl sites for hydroxylation is 1. The van der Waals surface area contributed by atoms with E-state index in [0.29, 0.717) is 29.5 Å². The van der Waals surface area contributed by atoms with Crippen LogP contribution in [-0.4, -0.2) is 27.9 Å². The molecular formula is C19H21ClN4O2. The van der Waals surface area contributed by atoms with Gasteiger partial charge in [0, 0.05) is 23.8 Å². The minimum absolute atomic E-state index is 0.250. The van der Waals surface area contributed by atoms with E-state index in [4.69, 9.17) is 11.6 Å². The van der Waals surface area contributed by atoms with Gasteiger partial charge in [0.1, 0.15) is 5.69 Å². The average Bonchev–Trinajstić information content (AvgIpc) is 3.03. The summed E-state index contributed by atoms with van der Waals surface area (Å²) >= 11 is 6.12. The molecule has 0 bridgehead atoms. The van der Waals surface area contributed by atoms with E-state index in [9.17, 15) is 9.59 Å². The number of nitrogens with zero attached hydrogens (tertiary/aromatic N) is 2. The maximum Gasteiger partial charge on any atom is 0.291 e. The zero-order chi connectivity index (χ0) is 18.7. The third kappa shape index (κ3) is 3.65. The van der Waals surface area contributed by atoms with E-state index < -0.39 is 0 Å². The number of hydrogen-bond acceptors (Lipinski definition) is 3. The second kappa shape index (κ2) is 7.74. The van der Waals surface area contributed by atoms with Crippen molar-refractivity contribution in [3.63, 3.8) is 0 Å². The summed E-state index contributed by atoms with van der Waals surface area (Å²) in [4.78, 5) is 29.5. The third-order valence-corrected chi connectivity index (χ3v) is 4.78. The Balaban J connectivity index is 1.89. The van der Waals surface area contributed by atoms with Gasteiger partial charge in [0.2, 0.25) is 0 Å². The molecule has 1 aromatic heterocycles. The van der Waals surface area contributed by atoms with E-state index in [-0.39, 0.29) is 17.6 Å². The van der Waals surface area contributed by atoms with Crippen LogP contribution >= 0.6 is 11.6 Å². The summed E-state index contributed by atoms with van der Waals surface area (Å²) in [6.45, 7) is 6.52. The normalized spacial score (nSPS) is 13.0. The second-order valence-electron chi connectivity index (χ2n) is 6.26. The van der Waals surface area contributed by atoms with Gasteiger partial charge in [-0.1, -0.05) is 23.7 Å². The smallest absolute Gasteiger partial charge is 0.291 e. The Morgan fingerprint density at radius 1 is 1.35 bits per heavy atom. The number of nitrogens with one attached hydrogen (secondary N) is 2. The number of fused-ring (bicyclic) bond motifs is 1. The Labute approximate surface area is 157 Å². The van der Waals surface area contributed by atoms with Crippen LogP contribution in [0.25, 0.3) is 0 Å². The van der Waals surface area contributed by atoms with Gasteiger partial charge < -0.3 is 15.2 Å². The lowest BCUT2D eigenvalue weighted by molar-refractivity contribution is 0.0952. The van der Waals surface area contributed by atoms with Gasteiger partial charge in [-0.2, -0.15) is 0 Å². The highest BCUT2D eigenvalue weighted by Gasteiger charge is 2.27. The molecule has 1 aliphatic rings. The van der Waals surface area contributed by atoms with Crippen molar-refractivity contribution < 1.29 is 9.59 Å². The van der Waals surface area contributed by atoms with Crippen molar-refractivity contribution >= 4 is 29.1 Å². The Morgan fingerprint density at radius 3 is 2.88 bits per heavy atom. The monoisotopic (exact) mass is 372 g/mol. The van der Waals surface area contributed by atoms with Gasteiger partial charge in [0.25, 0.3) is 11.8 Å². The SMILES string of the molecule is C=CCNC(=O)c1nc(C(=O)Nc2ccc(C)c(Cl)c2)n2c1CCCC2. The van der Waals surface area contributed by atoms with Gasteiger partial charge in [-0.15, -0.1) is 6.58 Å². The first kappa shape index (κ1) is 18.2. The highest BCUT2D eigenvalue weighted by Crippen LogP contribution is 2.23. The van der Waals surface area contributed by atoms with Crippen LogP contribution in [-0.2, 0) is 13.0 Å². The Kier molecular flexibility index (Phi) is 5.42. The molecule has 7 heteroatoms. The number of aromatic nitrogens is 2. The molecule has 1 aromatic carbocycles. The minimum Gasteiger partial charge on any atom is -0.347 e. The molecule has 2 heterocycles. The first-order valence-corrected chi connectivity index (χ1v) is 8.95. The Hall–Kier alpha value is -2.60. The molecule has 2 N–H and O–H groups in total. The molecule has 0 fully saturated rings. The van der Waals surface area contributed by atoms with Crippen LogP contribution in [0.5, 0.6) is 0 Å². The van der Waals surface area contributed by atoms with Gasteiger partial charge >= 0.3 is 0 Å². The maximum atomic E-state index is 12.7. The molecule has 3 rings (SSSR count). The summed E-state index contributed by atoms with van der Waals surface area (Å²) < 4.78 is 1.84. The number of rotatable bonds is 5. The van der Waals surface area contributed by atoms with Crippen molar-refractivity contribution in [1.29, 1.82) is 0 Å². The molecule has 0 unspecified atom stereocenters. The summed E-state index contributed by atoms with van der Waals surface area (Å²) in [6.07, 6.45) is 4.26. The maximum absolute atomic E-state index is 12.7. The van der Waals surface area contributed by atoms with Crippen molar-refractivity contribution in [2.24, 2.45) is 0 Å². The number of halogens is 1. The zero-order valence-electron chi connectivity index (χ0n) is 14.6. The fourth-order valence-corrected chi connectivity index (χ4v) is 3.18. The van der Waals surface area contributed by atoms with E-state index >= 15 is 0 Å². The molecule has 26 heavy (non-hydrogen) atoms. The van der Waals surface area contributed by atoms with Crippen molar-refractivity contribution in [3.8, 4) is 0 Å². The van der Waals surface area contributed by atoms with Crippen LogP contribution in [0, 0.1) is 6.92 Å². The number of imidazole rings is 1. The molecule has 0 saturated carbocycles. The van der Waals surface area contributed by atoms with Gasteiger partial charge in [-0.3, -0.25) is 9.59 Å². The van der Waals surface area contributed by atoms with E-state index in [0.717, 1.165) is 30.5 Å². The topological polar surface area (TPSA) is 76.0 Å². The van der Waals surface area contributed by atoms with E-state index in [1.165, 1.54) is 0 Å². The molecule has 136 valence electrons. The molecule has 2 aromatic rings. The Morgan fingerprint density at radius 2 is 2.15 bits per heavy atom. The second-order valence-corrected chi connectivity index (χ2v) is 6.66. The third-order valence-electron chi connectivity index (χ3n) is 4.37. The molecule has 6 nitrogen and oxygen atoms in total. The van der Waals surface area contributed by atoms with Crippen molar-refractivity contribution in [2.45, 2.75) is 32.7 Å². The van der Waals surface area contributed by atoms with E-state index in [1.54, 1.807) is 18.2 Å². The molecule has 0 saturated heterocycles. The van der Waals surface area contributed by atoms with Crippen molar-refractivity contribution in [3.05, 3.63) is 58.7 Å². The largest absolute Gasteiger partial charge is 0.347 e. The first-order valence-electron chi connectivity index (χ1n) is 8.57. The molecule has 0 radical (unpaired) electrons. The predicted octanol–water partition coefficient (Wildman–Crippen LogP) is 3.35. The summed E-state index contributed by atoms with van der Waals surface area (Å²) in [5.74, 6) is -0.385. The quantitative estimate of drug-likeness (QED) is 0.790. The highest BCUT2D eigenvalue weighted by molar-refractivity contribution is 6.31. The van der Waals surface area contributed by atoms with E-state index in [2.05, 4.69) is 22.2 Å². The summed E-state index contributed by atoms with van der Waals surface area (Å²) in [6, 6.07) is 5.33. The van der Waals surface area contributed by atoms with Crippen molar-refractivity contribution in [2.75, 3.05) is 11.9 Å². The lowest BCUT2D eigenvalue weighted by Gasteiger charge is -2.17. The molecule has 0 atom stereocenters. The zero-order valence-corrected chi connectivity index (χ0v) is 15.4. The molecule has 1 aliphatic heterocycles. The molecule has 0 aliphatic carbocycles. The predicted molar refractivity (Wildman–Crippen MR) is 102 cm³/mol. The van der Waals surface area contributed by atoms with Gasteiger partial charge in [0.15, 0.2) is 5.82 Å². The van der Waals surface area contributed by atoms with Crippen LogP contribution in [0.15, 0.2) is 30.9 Å². The number of hydrogen-bond donors (Lipinski definition) is 2. The van der Waals surface area contributed by atoms with Crippen molar-refractivity contribution in [1.82, 2.24) is 14.9 Å². The minimum atomic E-state index is -0.351. The fraction of sp³-hybridized carbons (Fsp3) is 0.316. The standard InChI is InChI=1S/C19H21ClN4O2/c1-3-9-21-18(25)16-15-6-4-5-10-24(15)17(23-16)19(26)22-13-8-7-12(2)14(20)11-13/h3,7-8,11H,1,4-6,9-10H2,2H3,(H,21,25)(H,22,26). The number of anilines is 1. The number of amides is 2. The Bertz CT molecular complexity index is 873. The number of carbonyl (C=O) groups is 2. The van der Waals surface area contributed by atoms with Crippen LogP contribution < -0.4 is 10.6 Å². The molecular weight excluding hydrogens is 352 g/mol. The lowest BCUT2D eigenvalue weighted by atomic mass is 10.1. The van der Waals surface area contributed by atoms with Gasteiger partial charge in [-0.05, 0) is 43.9 Å². The summed E-state index contributed by atoms with van der Waals surface area (Å²) in [5.41, 5.74) is 2.66. The van der Waals surface area contributed by atoms with Crippen LogP contribution in [0.2, 0.25) is 5.02 Å². The summed E-state index contributed by atoms with van der Waals surface area (Å²) in [7, 11) is 0. The molecule has 2 amide bonds. The average molecular weight is 373 g/mol. The van der Waals surface area contributed by atoms with Crippen LogP contribution in [0.4, 0.5) is 5.69 Å². The highest BCUT2D eigenvalue weighted by atomic mass is 35.5. The van der Waals surface area contributed by atoms with Crippen LogP contribution in [0.1, 0.15) is 45.2 Å². The molecule has 0 spiro atoms. The summed E-state index contributed by atoms with van der Waals surface area (Å²) in [5, 5.41) is 6.13.